The monoisotopic (exact) mass is 951 g/mol. The largest absolute Gasteiger partial charge is 0.493 e. The molecule has 5 aromatic carbocycles. The molecule has 0 unspecified atom stereocenters. The summed E-state index contributed by atoms with van der Waals surface area (Å²) in [5.41, 5.74) is 3.83. The van der Waals surface area contributed by atoms with E-state index >= 15 is 0 Å². The molecule has 0 spiro atoms. The first-order valence-corrected chi connectivity index (χ1v) is 23.3. The van der Waals surface area contributed by atoms with Crippen LogP contribution in [0.15, 0.2) is 125 Å². The molecule has 5 heterocycles. The predicted octanol–water partition coefficient (Wildman–Crippen LogP) is 5.86. The van der Waals surface area contributed by atoms with Gasteiger partial charge >= 0.3 is 0 Å². The number of para-hydroxylation sites is 1. The Morgan fingerprint density at radius 1 is 0.521 bits per heavy atom. The highest BCUT2D eigenvalue weighted by molar-refractivity contribution is 6.22. The number of rotatable bonds is 17. The van der Waals surface area contributed by atoms with Crippen LogP contribution in [0.2, 0.25) is 0 Å². The number of aromatic nitrogens is 7. The Morgan fingerprint density at radius 2 is 1.11 bits per heavy atom. The number of methoxy groups -OCH3 is 2. The van der Waals surface area contributed by atoms with Gasteiger partial charge in [-0.05, 0) is 95.6 Å². The van der Waals surface area contributed by atoms with Crippen molar-refractivity contribution in [1.29, 1.82) is 0 Å². The van der Waals surface area contributed by atoms with Gasteiger partial charge in [0.1, 0.15) is 24.3 Å². The first-order chi connectivity index (χ1) is 34.3. The molecule has 71 heavy (non-hydrogen) atoms. The maximum absolute atomic E-state index is 14.7. The normalized spacial score (nSPS) is 13.5. The smallest absolute Gasteiger partial charge is 0.261 e. The van der Waals surface area contributed by atoms with Crippen LogP contribution in [0.4, 0.5) is 0 Å². The summed E-state index contributed by atoms with van der Waals surface area (Å²) in [6, 6.07) is 30.3. The van der Waals surface area contributed by atoms with Crippen LogP contribution < -0.4 is 20.6 Å². The molecule has 10 rings (SSSR count). The minimum atomic E-state index is -0.563. The number of hydrogen-bond donors (Lipinski definition) is 0. The minimum Gasteiger partial charge on any atom is -0.493 e. The number of ether oxygens (including phenoxy) is 2. The quantitative estimate of drug-likeness (QED) is 0.0990. The zero-order chi connectivity index (χ0) is 49.6. The Balaban J connectivity index is 0.894. The van der Waals surface area contributed by atoms with Crippen LogP contribution in [0.25, 0.3) is 21.8 Å². The lowest BCUT2D eigenvalue weighted by molar-refractivity contribution is 0.0639. The first kappa shape index (κ1) is 46.1. The van der Waals surface area contributed by atoms with E-state index in [4.69, 9.17) is 19.4 Å². The third-order valence-corrected chi connectivity index (χ3v) is 13.5. The maximum Gasteiger partial charge on any atom is 0.261 e. The molecule has 0 bridgehead atoms. The zero-order valence-electron chi connectivity index (χ0n) is 39.6. The van der Waals surface area contributed by atoms with Crippen molar-refractivity contribution in [3.63, 3.8) is 0 Å². The fourth-order valence-electron chi connectivity index (χ4n) is 9.70. The number of carbonyl (C=O) groups excluding carboxylic acids is 4. The van der Waals surface area contributed by atoms with Gasteiger partial charge in [-0.15, -0.1) is 0 Å². The summed E-state index contributed by atoms with van der Waals surface area (Å²) in [4.78, 5) is 99.0. The van der Waals surface area contributed by atoms with Crippen molar-refractivity contribution in [1.82, 2.24) is 43.7 Å². The summed E-state index contributed by atoms with van der Waals surface area (Å²) >= 11 is 0. The average molecular weight is 952 g/mol. The van der Waals surface area contributed by atoms with Crippen LogP contribution in [-0.2, 0) is 50.7 Å². The molecule has 358 valence electrons. The zero-order valence-corrected chi connectivity index (χ0v) is 39.6. The molecule has 0 saturated heterocycles. The molecule has 0 atom stereocenters. The standard InChI is InChI=1S/C54H49N9O8/c1-54(2,30-34-13-16-38-40(27-34)52(68)63(50(38)66)24-21-47-57-42-12-8-7-11-39(42)51(67)61(47)26-25-59-32-55-31-56-59)35-15-17-43-41(29-35)53(69)60(22-19-33-14-18-44(70-3)45(28-33)71-4)46(58-43)20-23-62-48(64)36-9-5-6-10-37(36)49(62)65/h5-18,27-29,31-32H,19-26,30H2,1-4H3. The minimum absolute atomic E-state index is 0.0166. The number of nitrogens with zero attached hydrogens (tertiary/aromatic N) is 9. The van der Waals surface area contributed by atoms with E-state index in [9.17, 15) is 28.8 Å². The fraction of sp³-hybridized carbons (Fsp3) is 0.259. The third kappa shape index (κ3) is 8.63. The molecule has 17 heteroatoms. The van der Waals surface area contributed by atoms with Gasteiger partial charge in [0.15, 0.2) is 11.5 Å². The number of hydrogen-bond acceptors (Lipinski definition) is 12. The summed E-state index contributed by atoms with van der Waals surface area (Å²) in [7, 11) is 3.13. The summed E-state index contributed by atoms with van der Waals surface area (Å²) in [6.45, 7) is 5.06. The van der Waals surface area contributed by atoms with E-state index in [1.807, 2.05) is 48.5 Å². The second-order valence-electron chi connectivity index (χ2n) is 18.3. The van der Waals surface area contributed by atoms with Gasteiger partial charge in [-0.2, -0.15) is 5.10 Å². The van der Waals surface area contributed by atoms with Gasteiger partial charge < -0.3 is 9.47 Å². The SMILES string of the molecule is COc1ccc(CCn2c(CCN3C(=O)c4ccccc4C3=O)nc3ccc(C(C)(C)Cc4ccc5c(c4)C(=O)N(CCc4nc6ccccc6c(=O)n4CCn4cncn4)C5=O)cc3c2=O)cc1OC. The highest BCUT2D eigenvalue weighted by Gasteiger charge is 2.37. The molecule has 8 aromatic rings. The molecular weight excluding hydrogens is 903 g/mol. The van der Waals surface area contributed by atoms with Crippen LogP contribution in [0, 0.1) is 0 Å². The third-order valence-electron chi connectivity index (χ3n) is 13.5. The van der Waals surface area contributed by atoms with Crippen molar-refractivity contribution in [2.75, 3.05) is 27.3 Å². The van der Waals surface area contributed by atoms with Crippen LogP contribution in [0.3, 0.4) is 0 Å². The number of benzene rings is 5. The van der Waals surface area contributed by atoms with Gasteiger partial charge in [0.25, 0.3) is 34.7 Å². The van der Waals surface area contributed by atoms with Crippen LogP contribution in [-0.4, -0.2) is 94.6 Å². The Labute approximate surface area is 406 Å². The lowest BCUT2D eigenvalue weighted by Gasteiger charge is -2.26. The van der Waals surface area contributed by atoms with Gasteiger partial charge in [0.2, 0.25) is 0 Å². The topological polar surface area (TPSA) is 194 Å². The van der Waals surface area contributed by atoms with E-state index in [0.29, 0.717) is 86.6 Å². The molecule has 3 aromatic heterocycles. The number of carbonyl (C=O) groups is 4. The molecule has 0 N–H and O–H groups in total. The fourth-order valence-corrected chi connectivity index (χ4v) is 9.70. The summed E-state index contributed by atoms with van der Waals surface area (Å²) < 4.78 is 15.8. The molecule has 17 nitrogen and oxygen atoms in total. The van der Waals surface area contributed by atoms with E-state index in [2.05, 4.69) is 23.9 Å². The summed E-state index contributed by atoms with van der Waals surface area (Å²) in [5.74, 6) is 0.413. The lowest BCUT2D eigenvalue weighted by Crippen LogP contribution is -2.34. The van der Waals surface area contributed by atoms with Crippen LogP contribution in [0.5, 0.6) is 11.5 Å². The molecule has 0 radical (unpaired) electrons. The summed E-state index contributed by atoms with van der Waals surface area (Å²) in [6.07, 6.45) is 4.21. The highest BCUT2D eigenvalue weighted by Crippen LogP contribution is 2.33. The second kappa shape index (κ2) is 18.7. The molecule has 0 saturated carbocycles. The van der Waals surface area contributed by atoms with Gasteiger partial charge in [0.05, 0.1) is 64.8 Å². The van der Waals surface area contributed by atoms with Gasteiger partial charge in [-0.1, -0.05) is 56.3 Å². The molecule has 4 amide bonds. The molecule has 2 aliphatic heterocycles. The van der Waals surface area contributed by atoms with Crippen LogP contribution in [0.1, 0.15) is 83.6 Å². The van der Waals surface area contributed by atoms with Crippen LogP contribution >= 0.6 is 0 Å². The number of imide groups is 2. The highest BCUT2D eigenvalue weighted by atomic mass is 16.5. The van der Waals surface area contributed by atoms with E-state index < -0.39 is 17.2 Å². The van der Waals surface area contributed by atoms with Crippen molar-refractivity contribution < 1.29 is 28.7 Å². The second-order valence-corrected chi connectivity index (χ2v) is 18.3. The average Bonchev–Trinajstić information content (AvgIpc) is 4.06. The molecular formula is C54H49N9O8. The molecule has 0 fully saturated rings. The number of aryl methyl sites for hydroxylation is 2. The lowest BCUT2D eigenvalue weighted by atomic mass is 9.78. The predicted molar refractivity (Wildman–Crippen MR) is 263 cm³/mol. The van der Waals surface area contributed by atoms with E-state index in [0.717, 1.165) is 16.7 Å². The van der Waals surface area contributed by atoms with E-state index in [-0.39, 0.29) is 62.0 Å². The van der Waals surface area contributed by atoms with Crippen molar-refractivity contribution in [2.24, 2.45) is 0 Å². The van der Waals surface area contributed by atoms with Gasteiger partial charge in [-0.3, -0.25) is 52.4 Å². The number of fused-ring (bicyclic) bond motifs is 4. The van der Waals surface area contributed by atoms with Crippen molar-refractivity contribution in [3.05, 3.63) is 187 Å². The first-order valence-electron chi connectivity index (χ1n) is 23.3. The van der Waals surface area contributed by atoms with Gasteiger partial charge in [-0.25, -0.2) is 15.0 Å². The Kier molecular flexibility index (Phi) is 12.2. The Morgan fingerprint density at radius 3 is 1.77 bits per heavy atom. The maximum atomic E-state index is 14.7. The Bertz CT molecular complexity index is 3550. The molecule has 2 aliphatic rings. The Hall–Kier alpha value is -8.60. The van der Waals surface area contributed by atoms with Gasteiger partial charge in [0, 0.05) is 39.0 Å². The van der Waals surface area contributed by atoms with Crippen molar-refractivity contribution in [2.45, 2.75) is 64.6 Å². The molecule has 0 aliphatic carbocycles. The van der Waals surface area contributed by atoms with Crippen molar-refractivity contribution >= 4 is 45.4 Å². The van der Waals surface area contributed by atoms with E-state index in [1.54, 1.807) is 89.0 Å². The van der Waals surface area contributed by atoms with Crippen molar-refractivity contribution in [3.8, 4) is 11.5 Å². The number of amides is 4. The van der Waals surface area contributed by atoms with E-state index in [1.165, 1.54) is 16.1 Å². The summed E-state index contributed by atoms with van der Waals surface area (Å²) in [5, 5.41) is 5.03.